The fraction of sp³-hybridized carbons (Fsp3) is 0.600. The first-order valence-electron chi connectivity index (χ1n) is 28.5. The number of imidazole rings is 1. The molecule has 31 nitrogen and oxygen atoms in total. The first-order valence-corrected chi connectivity index (χ1v) is 28.5. The predicted octanol–water partition coefficient (Wildman–Crippen LogP) is -4.74. The Kier molecular flexibility index (Phi) is 31.0. The number of nitrogens with zero attached hydrogens (tertiary/aromatic N) is 3. The molecule has 1 fully saturated rings. The number of amides is 12. The molecule has 18 N–H and O–H groups in total. The third-order valence-electron chi connectivity index (χ3n) is 13.9. The number of aromatic amines is 1. The topological polar surface area (TPSA) is 500 Å². The van der Waals surface area contributed by atoms with Crippen LogP contribution < -0.4 is 54.4 Å². The van der Waals surface area contributed by atoms with E-state index >= 15 is 0 Å². The molecule has 0 bridgehead atoms. The number of aliphatic carboxylic acids is 1. The minimum Gasteiger partial charge on any atom is -0.481 e. The normalized spacial score (nSPS) is 15.7. The van der Waals surface area contributed by atoms with E-state index in [4.69, 9.17) is 17.2 Å². The number of likely N-dealkylation sites (tertiary alicyclic amines) is 1. The van der Waals surface area contributed by atoms with Crippen LogP contribution in [-0.2, 0) is 75.2 Å². The zero-order valence-corrected chi connectivity index (χ0v) is 48.6. The number of carboxylic acids is 1. The first kappa shape index (κ1) is 71.8. The zero-order chi connectivity index (χ0) is 64.0. The van der Waals surface area contributed by atoms with Gasteiger partial charge in [-0.25, -0.2) is 4.98 Å². The molecule has 1 saturated heterocycles. The third kappa shape index (κ3) is 23.6. The van der Waals surface area contributed by atoms with Crippen LogP contribution in [0, 0.1) is 5.92 Å². The van der Waals surface area contributed by atoms with Gasteiger partial charge in [-0.3, -0.25) is 67.2 Å². The minimum atomic E-state index is -1.92. The number of hydrogen-bond donors (Lipinski definition) is 15. The van der Waals surface area contributed by atoms with Crippen molar-refractivity contribution >= 4 is 76.9 Å². The zero-order valence-electron chi connectivity index (χ0n) is 48.6. The molecule has 86 heavy (non-hydrogen) atoms. The molecule has 0 aliphatic carbocycles. The van der Waals surface area contributed by atoms with Crippen molar-refractivity contribution in [3.63, 3.8) is 0 Å². The molecule has 2 heterocycles. The molecule has 1 aliphatic heterocycles. The Morgan fingerprint density at radius 2 is 1.26 bits per heavy atom. The number of imide groups is 1. The number of rotatable bonds is 39. The maximum Gasteiger partial charge on any atom is 0.303 e. The summed E-state index contributed by atoms with van der Waals surface area (Å²) in [7, 11) is 0. The molecular formula is C55H84N14O17. The molecule has 1 aliphatic rings. The fourth-order valence-corrected chi connectivity index (χ4v) is 9.34. The number of aromatic nitrogens is 2. The van der Waals surface area contributed by atoms with Gasteiger partial charge < -0.3 is 84.7 Å². The Bertz CT molecular complexity index is 2630. The molecule has 3 rings (SSSR count). The lowest BCUT2D eigenvalue weighted by Crippen LogP contribution is -2.63. The summed E-state index contributed by atoms with van der Waals surface area (Å²) in [6.07, 6.45) is 3.23. The van der Waals surface area contributed by atoms with E-state index in [2.05, 4.69) is 47.2 Å². The van der Waals surface area contributed by atoms with E-state index in [1.54, 1.807) is 44.2 Å². The summed E-state index contributed by atoms with van der Waals surface area (Å²) in [4.78, 5) is 184. The average molecular weight is 1210 g/mol. The number of unbranched alkanes of at least 4 members (excludes halogenated alkanes) is 4. The van der Waals surface area contributed by atoms with Crippen molar-refractivity contribution in [1.82, 2.24) is 57.0 Å². The van der Waals surface area contributed by atoms with E-state index in [1.165, 1.54) is 12.5 Å². The van der Waals surface area contributed by atoms with Crippen LogP contribution in [0.25, 0.3) is 0 Å². The number of nitrogens with one attached hydrogen (secondary N) is 8. The summed E-state index contributed by atoms with van der Waals surface area (Å²) in [5.41, 5.74) is 16.8. The quantitative estimate of drug-likeness (QED) is 0.0280. The highest BCUT2D eigenvalue weighted by atomic mass is 16.4. The van der Waals surface area contributed by atoms with Gasteiger partial charge >= 0.3 is 5.97 Å². The Balaban J connectivity index is 1.96. The van der Waals surface area contributed by atoms with E-state index in [-0.39, 0.29) is 70.3 Å². The molecule has 2 aromatic rings. The lowest BCUT2D eigenvalue weighted by Gasteiger charge is -2.34. The number of aliphatic hydroxyl groups excluding tert-OH is 3. The molecule has 1 aromatic heterocycles. The van der Waals surface area contributed by atoms with Gasteiger partial charge in [-0.05, 0) is 50.0 Å². The number of hydrogen-bond acceptors (Lipinski definition) is 18. The molecule has 9 atom stereocenters. The van der Waals surface area contributed by atoms with Crippen molar-refractivity contribution in [2.24, 2.45) is 23.1 Å². The first-order chi connectivity index (χ1) is 40.9. The van der Waals surface area contributed by atoms with Crippen LogP contribution in [0.1, 0.15) is 115 Å². The Hall–Kier alpha value is -8.42. The van der Waals surface area contributed by atoms with Crippen LogP contribution in [0.3, 0.4) is 0 Å². The van der Waals surface area contributed by atoms with Gasteiger partial charge in [-0.2, -0.15) is 0 Å². The summed E-state index contributed by atoms with van der Waals surface area (Å²) in [6, 6.07) is -6.49. The van der Waals surface area contributed by atoms with E-state index in [0.29, 0.717) is 22.6 Å². The van der Waals surface area contributed by atoms with Crippen LogP contribution in [0.4, 0.5) is 0 Å². The molecular weight excluding hydrogens is 1130 g/mol. The second-order valence-corrected chi connectivity index (χ2v) is 21.2. The maximum atomic E-state index is 14.9. The van der Waals surface area contributed by atoms with Gasteiger partial charge in [0.15, 0.2) is 0 Å². The highest BCUT2D eigenvalue weighted by molar-refractivity contribution is 6.05. The average Bonchev–Trinajstić information content (AvgIpc) is 2.51. The lowest BCUT2D eigenvalue weighted by molar-refractivity contribution is -0.155. The van der Waals surface area contributed by atoms with E-state index in [1.807, 2.05) is 6.92 Å². The van der Waals surface area contributed by atoms with Gasteiger partial charge in [0.2, 0.25) is 65.0 Å². The van der Waals surface area contributed by atoms with Crippen molar-refractivity contribution < 1.29 is 82.8 Å². The fourth-order valence-electron chi connectivity index (χ4n) is 9.34. The maximum absolute atomic E-state index is 14.9. The largest absolute Gasteiger partial charge is 0.481 e. The van der Waals surface area contributed by atoms with Gasteiger partial charge in [0.25, 0.3) is 5.91 Å². The minimum absolute atomic E-state index is 0.0171. The second-order valence-electron chi connectivity index (χ2n) is 21.2. The van der Waals surface area contributed by atoms with E-state index in [0.717, 1.165) is 24.2 Å². The Morgan fingerprint density at radius 1 is 0.674 bits per heavy atom. The van der Waals surface area contributed by atoms with Crippen LogP contribution in [0.5, 0.6) is 0 Å². The van der Waals surface area contributed by atoms with Crippen LogP contribution in [-0.4, -0.2) is 204 Å². The Morgan fingerprint density at radius 3 is 1.84 bits per heavy atom. The smallest absolute Gasteiger partial charge is 0.303 e. The monoisotopic (exact) mass is 1210 g/mol. The standard InChI is InChI=1S/C55H84N14O17/c1-4-5-6-7-11-16-45(75)69(55(86)40(29-72)67-51(82)38(27-70)61-44(74)25-56)42(23-32-13-9-8-10-14-32)53(84)65-36(22-31(2)3)49(80)66-39(28-71)54(85)68-21-12-15-41(68)52(83)63-35(18-20-46(76)77)48(79)64-37(24-33-26-59-30-60-33)50(81)62-34(47(58)78)17-19-43(57)73/h8-10,13-14,26,30-31,34-42,70-72H,4-7,11-12,15-25,27-29,56H2,1-3H3,(H2,57,73)(H2,58,78)(H,59,60)(H,61,74)(H,62,81)(H,63,83)(H,64,79)(H,65,84)(H,66,80)(H,67,82)(H,76,77)/t34-,35-,36-,37-,38-,39-,40-,41-,42-/m0/s1. The third-order valence-corrected chi connectivity index (χ3v) is 13.9. The molecule has 0 radical (unpaired) electrons. The summed E-state index contributed by atoms with van der Waals surface area (Å²) in [5.74, 6) is -13.7. The number of aliphatic hydroxyl groups is 3. The summed E-state index contributed by atoms with van der Waals surface area (Å²) in [6.45, 7) is 1.58. The van der Waals surface area contributed by atoms with Gasteiger partial charge in [0, 0.05) is 50.5 Å². The van der Waals surface area contributed by atoms with Gasteiger partial charge in [-0.15, -0.1) is 0 Å². The number of benzene rings is 1. The Labute approximate surface area is 496 Å². The summed E-state index contributed by atoms with van der Waals surface area (Å²) in [5, 5.41) is 57.4. The van der Waals surface area contributed by atoms with E-state index in [9.17, 15) is 82.8 Å². The molecule has 31 heteroatoms. The second kappa shape index (κ2) is 37.1. The van der Waals surface area contributed by atoms with Crippen LogP contribution >= 0.6 is 0 Å². The molecule has 12 amide bonds. The van der Waals surface area contributed by atoms with E-state index < -0.39 is 170 Å². The number of nitrogens with two attached hydrogens (primary N) is 3. The number of primary amides is 2. The van der Waals surface area contributed by atoms with Crippen molar-refractivity contribution in [3.05, 3.63) is 54.1 Å². The molecule has 476 valence electrons. The number of carbonyl (C=O) groups excluding carboxylic acids is 12. The van der Waals surface area contributed by atoms with Gasteiger partial charge in [0.05, 0.1) is 32.7 Å². The van der Waals surface area contributed by atoms with Crippen molar-refractivity contribution in [3.8, 4) is 0 Å². The van der Waals surface area contributed by atoms with Crippen LogP contribution in [0.15, 0.2) is 42.9 Å². The SMILES string of the molecule is CCCCCCCC(=O)N(C(=O)[C@H](CO)NC(=O)[C@H](CO)NC(=O)CN)[C@@H](Cc1ccccc1)C(=O)N[C@@H](CC(C)C)C(=O)N[C@@H](CO)C(=O)N1CCC[C@H]1C(=O)N[C@@H](CCC(=O)O)C(=O)N[C@@H](Cc1cnc[nH]1)C(=O)N[C@@H](CCC(N)=O)C(N)=O. The van der Waals surface area contributed by atoms with Crippen LogP contribution in [0.2, 0.25) is 0 Å². The molecule has 0 spiro atoms. The lowest BCUT2D eigenvalue weighted by atomic mass is 9.99. The predicted molar refractivity (Wildman–Crippen MR) is 304 cm³/mol. The van der Waals surface area contributed by atoms with Crippen molar-refractivity contribution in [2.45, 2.75) is 171 Å². The van der Waals surface area contributed by atoms with Gasteiger partial charge in [0.1, 0.15) is 54.4 Å². The summed E-state index contributed by atoms with van der Waals surface area (Å²) < 4.78 is 0. The summed E-state index contributed by atoms with van der Waals surface area (Å²) >= 11 is 0. The highest BCUT2D eigenvalue weighted by Gasteiger charge is 2.43. The molecule has 1 aromatic carbocycles. The molecule has 0 saturated carbocycles. The number of H-pyrrole nitrogens is 1. The highest BCUT2D eigenvalue weighted by Crippen LogP contribution is 2.21. The molecule has 0 unspecified atom stereocenters. The number of carbonyl (C=O) groups is 13. The van der Waals surface area contributed by atoms with Crippen molar-refractivity contribution in [2.75, 3.05) is 32.9 Å². The van der Waals surface area contributed by atoms with Crippen molar-refractivity contribution in [1.29, 1.82) is 0 Å². The number of carboxylic acid groups (broad SMARTS) is 1. The van der Waals surface area contributed by atoms with Gasteiger partial charge in [-0.1, -0.05) is 76.8 Å².